The number of carbonyl (C=O) groups is 1. The minimum Gasteiger partial charge on any atom is -0.435 e. The fourth-order valence-electron chi connectivity index (χ4n) is 3.26. The van der Waals surface area contributed by atoms with Crippen LogP contribution in [0.25, 0.3) is 5.69 Å². The van der Waals surface area contributed by atoms with Crippen LogP contribution in [-0.2, 0) is 17.6 Å². The molecule has 0 unspecified atom stereocenters. The van der Waals surface area contributed by atoms with Gasteiger partial charge in [0.2, 0.25) is 5.91 Å². The van der Waals surface area contributed by atoms with Crippen LogP contribution in [0.3, 0.4) is 0 Å². The molecule has 9 heteroatoms. The molecule has 0 aliphatic heterocycles. The summed E-state index contributed by atoms with van der Waals surface area (Å²) in [6.45, 7) is -2.93. The minimum absolute atomic E-state index is 0.0834. The van der Waals surface area contributed by atoms with E-state index >= 15 is 0 Å². The third-order valence-electron chi connectivity index (χ3n) is 4.71. The molecular weight excluding hydrogens is 416 g/mol. The van der Waals surface area contributed by atoms with E-state index in [9.17, 15) is 13.6 Å². The van der Waals surface area contributed by atoms with Crippen molar-refractivity contribution in [1.82, 2.24) is 20.2 Å². The van der Waals surface area contributed by atoms with E-state index in [1.807, 2.05) is 54.6 Å². The minimum atomic E-state index is -2.93. The molecule has 4 aromatic rings. The van der Waals surface area contributed by atoms with Crippen LogP contribution >= 0.6 is 0 Å². The topological polar surface area (TPSA) is 81.9 Å². The number of anilines is 1. The van der Waals surface area contributed by atoms with Gasteiger partial charge >= 0.3 is 6.61 Å². The van der Waals surface area contributed by atoms with Crippen molar-refractivity contribution < 1.29 is 18.3 Å². The Kier molecular flexibility index (Phi) is 6.45. The number of ether oxygens (including phenoxy) is 1. The summed E-state index contributed by atoms with van der Waals surface area (Å²) in [7, 11) is 0. The summed E-state index contributed by atoms with van der Waals surface area (Å²) in [6, 6.07) is 21.3. The number of benzene rings is 3. The van der Waals surface area contributed by atoms with Crippen molar-refractivity contribution in [1.29, 1.82) is 0 Å². The van der Waals surface area contributed by atoms with Gasteiger partial charge in [-0.05, 0) is 51.9 Å². The van der Waals surface area contributed by atoms with Gasteiger partial charge in [-0.2, -0.15) is 8.78 Å². The predicted octanol–water partition coefficient (Wildman–Crippen LogP) is 4.04. The Labute approximate surface area is 182 Å². The third-order valence-corrected chi connectivity index (χ3v) is 4.71. The maximum absolute atomic E-state index is 12.8. The van der Waals surface area contributed by atoms with Crippen molar-refractivity contribution in [2.24, 2.45) is 0 Å². The van der Waals surface area contributed by atoms with E-state index in [-0.39, 0.29) is 18.1 Å². The zero-order valence-corrected chi connectivity index (χ0v) is 16.9. The molecule has 162 valence electrons. The van der Waals surface area contributed by atoms with Crippen LogP contribution in [0.1, 0.15) is 16.7 Å². The summed E-state index contributed by atoms with van der Waals surface area (Å²) in [6.07, 6.45) is 2.03. The van der Waals surface area contributed by atoms with E-state index in [0.29, 0.717) is 17.7 Å². The van der Waals surface area contributed by atoms with Gasteiger partial charge in [0, 0.05) is 17.7 Å². The van der Waals surface area contributed by atoms with E-state index in [1.54, 1.807) is 12.1 Å². The van der Waals surface area contributed by atoms with E-state index in [0.717, 1.165) is 16.8 Å². The van der Waals surface area contributed by atoms with Crippen molar-refractivity contribution in [2.75, 3.05) is 5.32 Å². The number of alkyl halides is 2. The molecule has 1 heterocycles. The highest BCUT2D eigenvalue weighted by atomic mass is 19.3. The Bertz CT molecular complexity index is 1170. The normalized spacial score (nSPS) is 10.8. The Hall–Kier alpha value is -4.14. The molecule has 3 aromatic carbocycles. The number of halogens is 2. The fraction of sp³-hybridized carbons (Fsp3) is 0.130. The Morgan fingerprint density at radius 2 is 1.78 bits per heavy atom. The predicted molar refractivity (Wildman–Crippen MR) is 114 cm³/mol. The number of amides is 1. The maximum Gasteiger partial charge on any atom is 0.387 e. The number of tetrazole rings is 1. The molecule has 0 saturated heterocycles. The van der Waals surface area contributed by atoms with Crippen molar-refractivity contribution in [2.45, 2.75) is 19.5 Å². The quantitative estimate of drug-likeness (QED) is 0.452. The fourth-order valence-corrected chi connectivity index (χ4v) is 3.26. The van der Waals surface area contributed by atoms with E-state index in [1.165, 1.54) is 17.1 Å². The second kappa shape index (κ2) is 9.78. The monoisotopic (exact) mass is 435 g/mol. The lowest BCUT2D eigenvalue weighted by Crippen LogP contribution is -2.15. The smallest absolute Gasteiger partial charge is 0.387 e. The van der Waals surface area contributed by atoms with Crippen LogP contribution in [0.4, 0.5) is 14.5 Å². The Balaban J connectivity index is 1.45. The number of hydrogen-bond acceptors (Lipinski definition) is 5. The molecule has 32 heavy (non-hydrogen) atoms. The highest BCUT2D eigenvalue weighted by Crippen LogP contribution is 2.27. The molecule has 7 nitrogen and oxygen atoms in total. The van der Waals surface area contributed by atoms with E-state index < -0.39 is 6.61 Å². The second-order valence-electron chi connectivity index (χ2n) is 7.01. The molecule has 0 atom stereocenters. The molecule has 0 aliphatic carbocycles. The summed E-state index contributed by atoms with van der Waals surface area (Å²) in [5.41, 5.74) is 3.59. The number of carbonyl (C=O) groups excluding carboxylic acids is 1. The molecule has 0 radical (unpaired) electrons. The zero-order valence-electron chi connectivity index (χ0n) is 16.9. The summed E-state index contributed by atoms with van der Waals surface area (Å²) in [5.74, 6) is -0.145. The van der Waals surface area contributed by atoms with E-state index in [2.05, 4.69) is 25.6 Å². The molecule has 0 saturated carbocycles. The highest BCUT2D eigenvalue weighted by Gasteiger charge is 2.13. The highest BCUT2D eigenvalue weighted by molar-refractivity contribution is 5.92. The maximum atomic E-state index is 12.8. The number of aromatic nitrogens is 4. The number of nitrogens with zero attached hydrogens (tertiary/aromatic N) is 4. The average molecular weight is 435 g/mol. The zero-order chi connectivity index (χ0) is 22.3. The van der Waals surface area contributed by atoms with Gasteiger partial charge in [-0.3, -0.25) is 4.79 Å². The second-order valence-corrected chi connectivity index (χ2v) is 7.01. The molecule has 1 aromatic heterocycles. The van der Waals surface area contributed by atoms with Crippen LogP contribution in [0.2, 0.25) is 0 Å². The summed E-state index contributed by atoms with van der Waals surface area (Å²) < 4.78 is 31.8. The van der Waals surface area contributed by atoms with Gasteiger partial charge in [-0.15, -0.1) is 5.10 Å². The molecule has 0 fully saturated rings. The van der Waals surface area contributed by atoms with Gasteiger partial charge in [-0.1, -0.05) is 42.5 Å². The molecule has 0 bridgehead atoms. The molecule has 0 spiro atoms. The van der Waals surface area contributed by atoms with Crippen molar-refractivity contribution in [3.8, 4) is 11.4 Å². The molecule has 1 amide bonds. The Morgan fingerprint density at radius 3 is 2.47 bits per heavy atom. The largest absolute Gasteiger partial charge is 0.435 e. The van der Waals surface area contributed by atoms with Crippen LogP contribution in [-0.4, -0.2) is 32.7 Å². The first-order valence-corrected chi connectivity index (χ1v) is 9.80. The lowest BCUT2D eigenvalue weighted by atomic mass is 10.0. The summed E-state index contributed by atoms with van der Waals surface area (Å²) in [4.78, 5) is 12.5. The molecular formula is C23H19F2N5O2. The van der Waals surface area contributed by atoms with Crippen LogP contribution < -0.4 is 10.1 Å². The van der Waals surface area contributed by atoms with Gasteiger partial charge in [0.1, 0.15) is 12.1 Å². The van der Waals surface area contributed by atoms with Gasteiger partial charge in [0.25, 0.3) is 0 Å². The first-order valence-electron chi connectivity index (χ1n) is 9.80. The Morgan fingerprint density at radius 1 is 1.00 bits per heavy atom. The molecule has 0 aliphatic rings. The van der Waals surface area contributed by atoms with Gasteiger partial charge in [0.05, 0.1) is 12.1 Å². The van der Waals surface area contributed by atoms with Crippen LogP contribution in [0.15, 0.2) is 79.1 Å². The standard InChI is InChI=1S/C23H19F2N5O2/c24-23(25)32-21-11-8-19(14-18(21)12-16-4-2-1-3-5-16)27-22(31)13-17-6-9-20(10-7-17)30-15-26-28-29-30/h1-11,14-15,23H,12-13H2,(H,27,31). The molecule has 1 N–H and O–H groups in total. The number of rotatable bonds is 8. The van der Waals surface area contributed by atoms with Gasteiger partial charge in [0.15, 0.2) is 0 Å². The number of hydrogen-bond donors (Lipinski definition) is 1. The summed E-state index contributed by atoms with van der Waals surface area (Å²) in [5, 5.41) is 13.8. The molecule has 4 rings (SSSR count). The van der Waals surface area contributed by atoms with Gasteiger partial charge in [-0.25, -0.2) is 4.68 Å². The first kappa shape index (κ1) is 21.1. The van der Waals surface area contributed by atoms with E-state index in [4.69, 9.17) is 0 Å². The third kappa shape index (κ3) is 5.51. The number of nitrogens with one attached hydrogen (secondary N) is 1. The lowest BCUT2D eigenvalue weighted by Gasteiger charge is -2.14. The van der Waals surface area contributed by atoms with Crippen molar-refractivity contribution in [3.05, 3.63) is 95.8 Å². The van der Waals surface area contributed by atoms with Crippen LogP contribution in [0, 0.1) is 0 Å². The average Bonchev–Trinajstić information content (AvgIpc) is 3.31. The van der Waals surface area contributed by atoms with Crippen molar-refractivity contribution in [3.63, 3.8) is 0 Å². The van der Waals surface area contributed by atoms with Crippen molar-refractivity contribution >= 4 is 11.6 Å². The lowest BCUT2D eigenvalue weighted by molar-refractivity contribution is -0.115. The van der Waals surface area contributed by atoms with Crippen LogP contribution in [0.5, 0.6) is 5.75 Å². The summed E-state index contributed by atoms with van der Waals surface area (Å²) >= 11 is 0. The SMILES string of the molecule is O=C(Cc1ccc(-n2cnnn2)cc1)Nc1ccc(OC(F)F)c(Cc2ccccc2)c1. The first-order chi connectivity index (χ1) is 15.6. The van der Waals surface area contributed by atoms with Gasteiger partial charge < -0.3 is 10.1 Å².